The van der Waals surface area contributed by atoms with Gasteiger partial charge in [-0.2, -0.15) is 0 Å². The number of aromatic nitrogens is 1. The van der Waals surface area contributed by atoms with Crippen LogP contribution in [0.1, 0.15) is 37.6 Å². The summed E-state index contributed by atoms with van der Waals surface area (Å²) in [7, 11) is 0. The van der Waals surface area contributed by atoms with Crippen molar-refractivity contribution in [1.82, 2.24) is 9.88 Å². The fraction of sp³-hybridized carbons (Fsp3) is 0.562. The van der Waals surface area contributed by atoms with Gasteiger partial charge in [-0.1, -0.05) is 6.92 Å². The van der Waals surface area contributed by atoms with Gasteiger partial charge in [0.25, 0.3) is 5.91 Å². The number of pyridine rings is 1. The average Bonchev–Trinajstić information content (AvgIpc) is 2.45. The number of carboxylic acids is 1. The van der Waals surface area contributed by atoms with E-state index in [0.29, 0.717) is 24.3 Å². The topological polar surface area (TPSA) is 82.5 Å². The number of rotatable bonds is 4. The molecule has 6 heteroatoms. The Morgan fingerprint density at radius 1 is 1.41 bits per heavy atom. The Morgan fingerprint density at radius 3 is 2.77 bits per heavy atom. The number of carbonyl (C=O) groups is 2. The van der Waals surface area contributed by atoms with Gasteiger partial charge in [0, 0.05) is 25.3 Å². The Hall–Kier alpha value is -2.11. The Balaban J connectivity index is 2.22. The highest BCUT2D eigenvalue weighted by atomic mass is 16.4. The summed E-state index contributed by atoms with van der Waals surface area (Å²) in [5, 5.41) is 12.4. The molecule has 1 aromatic heterocycles. The number of nitrogens with one attached hydrogen (secondary N) is 1. The molecule has 1 saturated heterocycles. The van der Waals surface area contributed by atoms with Crippen LogP contribution in [0.3, 0.4) is 0 Å². The van der Waals surface area contributed by atoms with Gasteiger partial charge in [-0.3, -0.25) is 9.59 Å². The van der Waals surface area contributed by atoms with Crippen molar-refractivity contribution in [3.05, 3.63) is 23.9 Å². The molecule has 0 radical (unpaired) electrons. The van der Waals surface area contributed by atoms with Crippen LogP contribution in [0.4, 0.5) is 5.82 Å². The number of hydrogen-bond acceptors (Lipinski definition) is 4. The van der Waals surface area contributed by atoms with Crippen LogP contribution in [0.2, 0.25) is 0 Å². The fourth-order valence-corrected chi connectivity index (χ4v) is 2.83. The quantitative estimate of drug-likeness (QED) is 0.890. The number of hydrogen-bond donors (Lipinski definition) is 2. The number of aliphatic carboxylic acids is 1. The molecule has 1 aliphatic rings. The summed E-state index contributed by atoms with van der Waals surface area (Å²) in [5.41, 5.74) is 0.495. The highest BCUT2D eigenvalue weighted by molar-refractivity contribution is 5.99. The lowest BCUT2D eigenvalue weighted by molar-refractivity contribution is -0.143. The van der Waals surface area contributed by atoms with Crippen molar-refractivity contribution in [1.29, 1.82) is 0 Å². The molecule has 1 fully saturated rings. The number of nitrogens with zero attached hydrogens (tertiary/aromatic N) is 2. The molecule has 1 amide bonds. The average molecular weight is 305 g/mol. The molecule has 0 aromatic carbocycles. The maximum atomic E-state index is 12.8. The molecule has 2 unspecified atom stereocenters. The molecule has 0 spiro atoms. The summed E-state index contributed by atoms with van der Waals surface area (Å²) < 4.78 is 0. The van der Waals surface area contributed by atoms with E-state index in [4.69, 9.17) is 0 Å². The lowest BCUT2D eigenvalue weighted by Gasteiger charge is -2.35. The zero-order chi connectivity index (χ0) is 16.3. The standard InChI is InChI=1S/C16H23N3O3/c1-10(2)18-14-13(5-4-6-17-14)15(20)19-8-11(3)7-12(9-19)16(21)22/h4-6,10-12H,7-9H2,1-3H3,(H,17,18)(H,21,22). The van der Waals surface area contributed by atoms with Crippen molar-refractivity contribution in [2.75, 3.05) is 18.4 Å². The van der Waals surface area contributed by atoms with Gasteiger partial charge in [0.2, 0.25) is 0 Å². The van der Waals surface area contributed by atoms with E-state index in [-0.39, 0.29) is 24.4 Å². The maximum Gasteiger partial charge on any atom is 0.308 e. The molecular weight excluding hydrogens is 282 g/mol. The van der Waals surface area contributed by atoms with E-state index in [2.05, 4.69) is 10.3 Å². The van der Waals surface area contributed by atoms with Crippen LogP contribution < -0.4 is 5.32 Å². The normalized spacial score (nSPS) is 21.7. The van der Waals surface area contributed by atoms with Crippen LogP contribution >= 0.6 is 0 Å². The van der Waals surface area contributed by atoms with Gasteiger partial charge in [-0.15, -0.1) is 0 Å². The summed E-state index contributed by atoms with van der Waals surface area (Å²) in [6, 6.07) is 3.61. The maximum absolute atomic E-state index is 12.8. The molecule has 1 aliphatic heterocycles. The number of piperidine rings is 1. The molecule has 0 bridgehead atoms. The minimum Gasteiger partial charge on any atom is -0.481 e. The predicted octanol–water partition coefficient (Wildman–Crippen LogP) is 2.08. The smallest absolute Gasteiger partial charge is 0.308 e. The highest BCUT2D eigenvalue weighted by Crippen LogP contribution is 2.25. The van der Waals surface area contributed by atoms with Crippen LogP contribution in [0.15, 0.2) is 18.3 Å². The molecule has 0 aliphatic carbocycles. The van der Waals surface area contributed by atoms with Gasteiger partial charge in [0.15, 0.2) is 0 Å². The summed E-state index contributed by atoms with van der Waals surface area (Å²) in [6.07, 6.45) is 2.25. The first-order valence-electron chi connectivity index (χ1n) is 7.62. The van der Waals surface area contributed by atoms with Gasteiger partial charge in [-0.25, -0.2) is 4.98 Å². The van der Waals surface area contributed by atoms with Crippen molar-refractivity contribution in [3.63, 3.8) is 0 Å². The van der Waals surface area contributed by atoms with Gasteiger partial charge in [-0.05, 0) is 38.3 Å². The second-order valence-corrected chi connectivity index (χ2v) is 6.28. The minimum absolute atomic E-state index is 0.158. The second kappa shape index (κ2) is 6.77. The third-order valence-electron chi connectivity index (χ3n) is 3.76. The predicted molar refractivity (Wildman–Crippen MR) is 83.8 cm³/mol. The number of anilines is 1. The first-order valence-corrected chi connectivity index (χ1v) is 7.62. The number of carboxylic acid groups (broad SMARTS) is 1. The van der Waals surface area contributed by atoms with Crippen LogP contribution in [-0.2, 0) is 4.79 Å². The Morgan fingerprint density at radius 2 is 2.14 bits per heavy atom. The summed E-state index contributed by atoms with van der Waals surface area (Å²) >= 11 is 0. The SMILES string of the molecule is CC1CC(C(=O)O)CN(C(=O)c2cccnc2NC(C)C)C1. The van der Waals surface area contributed by atoms with Crippen molar-refractivity contribution in [2.24, 2.45) is 11.8 Å². The molecule has 2 heterocycles. The van der Waals surface area contributed by atoms with Crippen LogP contribution in [0.25, 0.3) is 0 Å². The number of amides is 1. The van der Waals surface area contributed by atoms with E-state index in [9.17, 15) is 14.7 Å². The van der Waals surface area contributed by atoms with Crippen molar-refractivity contribution >= 4 is 17.7 Å². The zero-order valence-corrected chi connectivity index (χ0v) is 13.2. The second-order valence-electron chi connectivity index (χ2n) is 6.28. The highest BCUT2D eigenvalue weighted by Gasteiger charge is 2.33. The molecule has 0 saturated carbocycles. The van der Waals surface area contributed by atoms with E-state index in [1.54, 1.807) is 23.2 Å². The van der Waals surface area contributed by atoms with E-state index >= 15 is 0 Å². The first-order chi connectivity index (χ1) is 10.4. The van der Waals surface area contributed by atoms with Crippen LogP contribution in [-0.4, -0.2) is 46.0 Å². The molecule has 120 valence electrons. The van der Waals surface area contributed by atoms with Crippen molar-refractivity contribution in [3.8, 4) is 0 Å². The van der Waals surface area contributed by atoms with E-state index in [0.717, 1.165) is 0 Å². The largest absolute Gasteiger partial charge is 0.481 e. The summed E-state index contributed by atoms with van der Waals surface area (Å²) in [5.74, 6) is -0.763. The molecule has 2 rings (SSSR count). The molecule has 22 heavy (non-hydrogen) atoms. The van der Waals surface area contributed by atoms with Gasteiger partial charge >= 0.3 is 5.97 Å². The molecule has 1 aromatic rings. The Kier molecular flexibility index (Phi) is 5.00. The molecule has 2 atom stereocenters. The summed E-state index contributed by atoms with van der Waals surface area (Å²) in [6.45, 7) is 6.78. The monoisotopic (exact) mass is 305 g/mol. The Bertz CT molecular complexity index is 559. The molecule has 6 nitrogen and oxygen atoms in total. The third kappa shape index (κ3) is 3.75. The van der Waals surface area contributed by atoms with E-state index < -0.39 is 11.9 Å². The minimum atomic E-state index is -0.837. The van der Waals surface area contributed by atoms with E-state index in [1.807, 2.05) is 20.8 Å². The van der Waals surface area contributed by atoms with Crippen molar-refractivity contribution < 1.29 is 14.7 Å². The lowest BCUT2D eigenvalue weighted by atomic mass is 9.90. The Labute approximate surface area is 130 Å². The van der Waals surface area contributed by atoms with Crippen LogP contribution in [0, 0.1) is 11.8 Å². The molecule has 2 N–H and O–H groups in total. The van der Waals surface area contributed by atoms with Gasteiger partial charge < -0.3 is 15.3 Å². The summed E-state index contributed by atoms with van der Waals surface area (Å²) in [4.78, 5) is 29.9. The number of likely N-dealkylation sites (tertiary alicyclic amines) is 1. The number of carbonyl (C=O) groups excluding carboxylic acids is 1. The fourth-order valence-electron chi connectivity index (χ4n) is 2.83. The third-order valence-corrected chi connectivity index (χ3v) is 3.76. The van der Waals surface area contributed by atoms with E-state index in [1.165, 1.54) is 0 Å². The zero-order valence-electron chi connectivity index (χ0n) is 13.2. The van der Waals surface area contributed by atoms with Crippen LogP contribution in [0.5, 0.6) is 0 Å². The lowest BCUT2D eigenvalue weighted by Crippen LogP contribution is -2.45. The van der Waals surface area contributed by atoms with Gasteiger partial charge in [0.1, 0.15) is 5.82 Å². The first kappa shape index (κ1) is 16.3. The van der Waals surface area contributed by atoms with Gasteiger partial charge in [0.05, 0.1) is 11.5 Å². The van der Waals surface area contributed by atoms with Crippen molar-refractivity contribution in [2.45, 2.75) is 33.2 Å². The molecular formula is C16H23N3O3.